The Morgan fingerprint density at radius 2 is 1.58 bits per heavy atom. The predicted molar refractivity (Wildman–Crippen MR) is 246 cm³/mol. The standard InChI is InChI=1S/C51H79NO15/c1-10-14-36-24-30(2)23-31(3)25-43(61-8)46-44(62-9)27-33(5)51(59,67-46)47(55)48(56)52-19-12-11-15-37(52)49(57)66-45(34(6)38(53)29-39(36)54)32(4)26-35-16-17-40(42(28-35)60-7)63-20-13-21-64-41-18-22-65-50(41)58/h10,24,26,31,33-38,40-46,53,59H,1,11-23,25,27-29H2,2-9H3/b30-24+,32-26+/t31-,33+,34+,35-,36+,37-,38-,40+,41?,42+,43-,44-,45?,46+,51+/m0/s1. The van der Waals surface area contributed by atoms with Crippen LogP contribution in [0.15, 0.2) is 36.0 Å². The molecule has 0 aromatic rings. The maximum atomic E-state index is 14.5. The van der Waals surface area contributed by atoms with E-state index in [1.165, 1.54) is 19.1 Å². The van der Waals surface area contributed by atoms with Gasteiger partial charge in [0.2, 0.25) is 5.79 Å². The van der Waals surface area contributed by atoms with Crippen LogP contribution in [0.2, 0.25) is 0 Å². The van der Waals surface area contributed by atoms with Crippen molar-refractivity contribution in [3.05, 3.63) is 36.0 Å². The zero-order valence-electron chi connectivity index (χ0n) is 41.2. The Balaban J connectivity index is 1.42. The number of aliphatic hydroxyl groups excluding tert-OH is 1. The maximum absolute atomic E-state index is 14.5. The fourth-order valence-electron chi connectivity index (χ4n) is 10.7. The minimum Gasteiger partial charge on any atom is -0.464 e. The normalized spacial score (nSPS) is 38.8. The SMILES string of the molecule is C=CC[C@@H]1/C=C(\C)C[C@H](C)C[C@H](OC)[C@H]2O[C@@](O)(C(=O)C(=O)N3CCCC[C@H]3C(=O)OC(/C(C)=C/[C@@H]3CC[C@@H](OCCCOC4CCOC4=O)[C@H](OC)C3)[C@H](C)[C@@H](O)CC1=O)[C@H](C)C[C@@H]2OC. The van der Waals surface area contributed by atoms with Crippen LogP contribution in [0.5, 0.6) is 0 Å². The minimum atomic E-state index is -2.53. The zero-order chi connectivity index (χ0) is 49.0. The molecular formula is C51H79NO15. The molecule has 16 heteroatoms. The first-order chi connectivity index (χ1) is 31.9. The molecule has 1 aliphatic carbocycles. The first kappa shape index (κ1) is 54.6. The summed E-state index contributed by atoms with van der Waals surface area (Å²) in [6, 6.07) is -1.16. The minimum absolute atomic E-state index is 0.00261. The van der Waals surface area contributed by atoms with Gasteiger partial charge in [-0.25, -0.2) is 9.59 Å². The van der Waals surface area contributed by atoms with Crippen LogP contribution in [0.25, 0.3) is 0 Å². The number of esters is 2. The van der Waals surface area contributed by atoms with Crippen LogP contribution in [0.4, 0.5) is 0 Å². The van der Waals surface area contributed by atoms with E-state index in [1.54, 1.807) is 27.0 Å². The lowest BCUT2D eigenvalue weighted by Gasteiger charge is -2.47. The third-order valence-electron chi connectivity index (χ3n) is 14.7. The van der Waals surface area contributed by atoms with Crippen LogP contribution in [-0.4, -0.2) is 153 Å². The molecule has 2 N–H and O–H groups in total. The van der Waals surface area contributed by atoms with Crippen molar-refractivity contribution >= 4 is 29.4 Å². The van der Waals surface area contributed by atoms with Crippen molar-refractivity contribution in [1.82, 2.24) is 4.90 Å². The molecule has 5 rings (SSSR count). The summed E-state index contributed by atoms with van der Waals surface area (Å²) in [7, 11) is 4.70. The van der Waals surface area contributed by atoms with E-state index in [2.05, 4.69) is 6.58 Å². The second-order valence-corrected chi connectivity index (χ2v) is 19.8. The molecule has 16 nitrogen and oxygen atoms in total. The highest BCUT2D eigenvalue weighted by atomic mass is 16.7. The number of hydrogen-bond acceptors (Lipinski definition) is 15. The Hall–Kier alpha value is -3.35. The molecule has 3 saturated heterocycles. The molecule has 2 unspecified atom stereocenters. The van der Waals surface area contributed by atoms with Crippen LogP contribution < -0.4 is 0 Å². The Labute approximate surface area is 397 Å². The van der Waals surface area contributed by atoms with Gasteiger partial charge in [-0.1, -0.05) is 44.6 Å². The molecule has 4 heterocycles. The molecule has 1 saturated carbocycles. The molecular weight excluding hydrogens is 867 g/mol. The summed E-state index contributed by atoms with van der Waals surface area (Å²) in [5.41, 5.74) is 1.61. The van der Waals surface area contributed by atoms with Gasteiger partial charge in [0.1, 0.15) is 24.0 Å². The van der Waals surface area contributed by atoms with Crippen LogP contribution in [-0.2, 0) is 61.9 Å². The van der Waals surface area contributed by atoms with E-state index >= 15 is 0 Å². The van der Waals surface area contributed by atoms with Crippen molar-refractivity contribution in [3.63, 3.8) is 0 Å². The van der Waals surface area contributed by atoms with E-state index < -0.39 is 83.9 Å². The number of aliphatic hydroxyl groups is 2. The van der Waals surface area contributed by atoms with Crippen molar-refractivity contribution in [1.29, 1.82) is 0 Å². The van der Waals surface area contributed by atoms with Crippen molar-refractivity contribution in [2.75, 3.05) is 47.7 Å². The number of ether oxygens (including phenoxy) is 8. The van der Waals surface area contributed by atoms with Gasteiger partial charge in [0, 0.05) is 71.7 Å². The quantitative estimate of drug-likeness (QED) is 0.103. The number of hydrogen-bond donors (Lipinski definition) is 2. The highest BCUT2D eigenvalue weighted by Crippen LogP contribution is 2.39. The molecule has 1 amide bonds. The number of cyclic esters (lactones) is 2. The molecule has 378 valence electrons. The lowest BCUT2D eigenvalue weighted by atomic mass is 9.81. The molecule has 0 aromatic carbocycles. The summed E-state index contributed by atoms with van der Waals surface area (Å²) in [5, 5.41) is 24.0. The number of piperidine rings is 1. The molecule has 5 aliphatic rings. The van der Waals surface area contributed by atoms with E-state index in [0.29, 0.717) is 83.2 Å². The molecule has 2 bridgehead atoms. The smallest absolute Gasteiger partial charge is 0.335 e. The monoisotopic (exact) mass is 946 g/mol. The average molecular weight is 946 g/mol. The van der Waals surface area contributed by atoms with Crippen LogP contribution in [0.3, 0.4) is 0 Å². The zero-order valence-corrected chi connectivity index (χ0v) is 41.2. The Morgan fingerprint density at radius 3 is 2.25 bits per heavy atom. The van der Waals surface area contributed by atoms with E-state index in [0.717, 1.165) is 12.0 Å². The fraction of sp³-hybridized carbons (Fsp3) is 0.784. The number of carbonyl (C=O) groups is 5. The molecule has 4 fully saturated rings. The molecule has 15 atom stereocenters. The van der Waals surface area contributed by atoms with Gasteiger partial charge in [0.15, 0.2) is 6.10 Å². The summed E-state index contributed by atoms with van der Waals surface area (Å²) in [6.45, 7) is 14.4. The van der Waals surface area contributed by atoms with Crippen molar-refractivity contribution in [2.24, 2.45) is 29.6 Å². The van der Waals surface area contributed by atoms with Crippen molar-refractivity contribution in [3.8, 4) is 0 Å². The Kier molecular flexibility index (Phi) is 20.8. The summed E-state index contributed by atoms with van der Waals surface area (Å²) in [5.74, 6) is -8.18. The molecule has 4 aliphatic heterocycles. The summed E-state index contributed by atoms with van der Waals surface area (Å²) in [6.07, 6.45) is 6.31. The molecule has 0 aromatic heterocycles. The molecule has 0 spiro atoms. The highest BCUT2D eigenvalue weighted by molar-refractivity contribution is 6.39. The van der Waals surface area contributed by atoms with Gasteiger partial charge < -0.3 is 53.0 Å². The van der Waals surface area contributed by atoms with E-state index in [4.69, 9.17) is 37.9 Å². The number of allylic oxidation sites excluding steroid dienone is 4. The van der Waals surface area contributed by atoms with Crippen molar-refractivity contribution in [2.45, 2.75) is 179 Å². The fourth-order valence-corrected chi connectivity index (χ4v) is 10.7. The topological polar surface area (TPSA) is 203 Å². The Bertz CT molecular complexity index is 1770. The maximum Gasteiger partial charge on any atom is 0.335 e. The number of methoxy groups -OCH3 is 3. The lowest BCUT2D eigenvalue weighted by Crippen LogP contribution is -2.64. The first-order valence-electron chi connectivity index (χ1n) is 24.6. The number of nitrogens with zero attached hydrogens (tertiary/aromatic N) is 1. The summed E-state index contributed by atoms with van der Waals surface area (Å²) >= 11 is 0. The largest absolute Gasteiger partial charge is 0.464 e. The van der Waals surface area contributed by atoms with E-state index in [9.17, 15) is 34.2 Å². The second-order valence-electron chi connectivity index (χ2n) is 19.8. The van der Waals surface area contributed by atoms with Gasteiger partial charge in [-0.2, -0.15) is 0 Å². The molecule has 0 radical (unpaired) electrons. The van der Waals surface area contributed by atoms with Gasteiger partial charge in [-0.05, 0) is 102 Å². The van der Waals surface area contributed by atoms with Gasteiger partial charge in [0.05, 0.1) is 37.1 Å². The van der Waals surface area contributed by atoms with Crippen LogP contribution >= 0.6 is 0 Å². The molecule has 67 heavy (non-hydrogen) atoms. The van der Waals surface area contributed by atoms with E-state index in [1.807, 2.05) is 32.9 Å². The predicted octanol–water partition coefficient (Wildman–Crippen LogP) is 5.39. The van der Waals surface area contributed by atoms with Crippen LogP contribution in [0, 0.1) is 29.6 Å². The average Bonchev–Trinajstić information content (AvgIpc) is 3.73. The number of fused-ring (bicyclic) bond motifs is 3. The van der Waals surface area contributed by atoms with Crippen LogP contribution in [0.1, 0.15) is 118 Å². The lowest BCUT2D eigenvalue weighted by molar-refractivity contribution is -0.302. The summed E-state index contributed by atoms with van der Waals surface area (Å²) in [4.78, 5) is 70.2. The number of carbonyl (C=O) groups excluding carboxylic acids is 5. The highest BCUT2D eigenvalue weighted by Gasteiger charge is 2.56. The van der Waals surface area contributed by atoms with Gasteiger partial charge in [0.25, 0.3) is 11.7 Å². The van der Waals surface area contributed by atoms with Crippen molar-refractivity contribution < 1.29 is 72.1 Å². The van der Waals surface area contributed by atoms with Gasteiger partial charge >= 0.3 is 11.9 Å². The first-order valence-corrected chi connectivity index (χ1v) is 24.6. The number of Topliss-reactive ketones (excluding diaryl/α,β-unsaturated/α-hetero) is 2. The Morgan fingerprint density at radius 1 is 0.881 bits per heavy atom. The van der Waals surface area contributed by atoms with Gasteiger partial charge in [-0.15, -0.1) is 6.58 Å². The van der Waals surface area contributed by atoms with E-state index in [-0.39, 0.29) is 61.6 Å². The third-order valence-corrected chi connectivity index (χ3v) is 14.7. The number of amides is 1. The third kappa shape index (κ3) is 13.9. The summed E-state index contributed by atoms with van der Waals surface area (Å²) < 4.78 is 47.2. The second kappa shape index (κ2) is 25.5. The van der Waals surface area contributed by atoms with Gasteiger partial charge in [-0.3, -0.25) is 14.4 Å². The number of ketones is 2. The number of rotatable bonds is 13.